The van der Waals surface area contributed by atoms with Crippen molar-refractivity contribution in [2.75, 3.05) is 32.7 Å². The van der Waals surface area contributed by atoms with Crippen LogP contribution in [0.15, 0.2) is 48.5 Å². The molecule has 0 saturated carbocycles. The molecular formula is C21H30NO4P. The molecule has 0 saturated heterocycles. The third kappa shape index (κ3) is 5.13. The van der Waals surface area contributed by atoms with E-state index in [4.69, 9.17) is 9.26 Å². The van der Waals surface area contributed by atoms with Crippen LogP contribution >= 0.6 is 7.37 Å². The molecule has 0 radical (unpaired) electrons. The van der Waals surface area contributed by atoms with E-state index in [1.807, 2.05) is 37.2 Å². The number of para-hydroxylation sites is 1. The lowest BCUT2D eigenvalue weighted by Gasteiger charge is -2.26. The van der Waals surface area contributed by atoms with Crippen molar-refractivity contribution in [2.45, 2.75) is 26.1 Å². The minimum Gasteiger partial charge on any atom is -0.496 e. The van der Waals surface area contributed by atoms with Crippen molar-refractivity contribution in [3.05, 3.63) is 54.1 Å². The topological polar surface area (TPSA) is 59.0 Å². The first-order valence-electron chi connectivity index (χ1n) is 9.12. The quantitative estimate of drug-likeness (QED) is 0.642. The van der Waals surface area contributed by atoms with Crippen molar-refractivity contribution in [1.82, 2.24) is 0 Å². The highest BCUT2D eigenvalue weighted by molar-refractivity contribution is 7.67. The fraction of sp³-hybridized carbons (Fsp3) is 0.429. The van der Waals surface area contributed by atoms with Crippen LogP contribution in [-0.4, -0.2) is 32.9 Å². The Hall–Kier alpha value is -1.81. The molecule has 0 spiro atoms. The summed E-state index contributed by atoms with van der Waals surface area (Å²) < 4.78 is 25.1. The maximum atomic E-state index is 13.9. The van der Waals surface area contributed by atoms with E-state index >= 15 is 0 Å². The van der Waals surface area contributed by atoms with Gasteiger partial charge in [-0.15, -0.1) is 0 Å². The smallest absolute Gasteiger partial charge is 0.264 e. The van der Waals surface area contributed by atoms with Crippen LogP contribution in [0.1, 0.15) is 31.7 Å². The molecule has 2 rings (SSSR count). The number of hydrogen-bond acceptors (Lipinski definition) is 5. The average molecular weight is 391 g/mol. The maximum Gasteiger partial charge on any atom is 0.264 e. The van der Waals surface area contributed by atoms with E-state index in [2.05, 4.69) is 13.8 Å². The van der Waals surface area contributed by atoms with Crippen LogP contribution in [0.3, 0.4) is 0 Å². The van der Waals surface area contributed by atoms with Gasteiger partial charge < -0.3 is 19.3 Å². The summed E-state index contributed by atoms with van der Waals surface area (Å²) in [6, 6.07) is 14.3. The van der Waals surface area contributed by atoms with Gasteiger partial charge in [0.1, 0.15) is 5.75 Å². The SMILES string of the molecule is COc1ccccc1[C@H](O)[P@@](=O)(OCCC(C)C)c1ccc(N(C)C)cc1. The van der Waals surface area contributed by atoms with E-state index in [-0.39, 0.29) is 0 Å². The number of hydrogen-bond donors (Lipinski definition) is 1. The van der Waals surface area contributed by atoms with Gasteiger partial charge in [0, 0.05) is 30.7 Å². The van der Waals surface area contributed by atoms with E-state index in [1.54, 1.807) is 30.3 Å². The summed E-state index contributed by atoms with van der Waals surface area (Å²) in [6.45, 7) is 4.48. The Bertz CT molecular complexity index is 774. The minimum atomic E-state index is -3.57. The van der Waals surface area contributed by atoms with Gasteiger partial charge in [0.2, 0.25) is 0 Å². The third-order valence-corrected chi connectivity index (χ3v) is 6.95. The highest BCUT2D eigenvalue weighted by Crippen LogP contribution is 2.59. The Balaban J connectivity index is 2.44. The van der Waals surface area contributed by atoms with E-state index < -0.39 is 13.2 Å². The van der Waals surface area contributed by atoms with Gasteiger partial charge in [-0.1, -0.05) is 32.0 Å². The third-order valence-electron chi connectivity index (χ3n) is 4.44. The number of anilines is 1. The molecule has 0 unspecified atom stereocenters. The number of rotatable bonds is 9. The molecular weight excluding hydrogens is 361 g/mol. The summed E-state index contributed by atoms with van der Waals surface area (Å²) in [5.74, 6) is -0.397. The van der Waals surface area contributed by atoms with Gasteiger partial charge >= 0.3 is 0 Å². The average Bonchev–Trinajstić information content (AvgIpc) is 2.66. The van der Waals surface area contributed by atoms with Gasteiger partial charge in [0.25, 0.3) is 7.37 Å². The standard InChI is InChI=1S/C21H30NO4P/c1-16(2)14-15-26-27(24,18-12-10-17(11-13-18)22(3)4)21(23)19-8-6-7-9-20(19)25-5/h6-13,16,21,23H,14-15H2,1-5H3/t21-,27+/m1/s1. The lowest BCUT2D eigenvalue weighted by Crippen LogP contribution is -2.17. The van der Waals surface area contributed by atoms with Gasteiger partial charge in [-0.25, -0.2) is 0 Å². The van der Waals surface area contributed by atoms with Crippen molar-refractivity contribution >= 4 is 18.4 Å². The molecule has 0 fully saturated rings. The highest BCUT2D eigenvalue weighted by Gasteiger charge is 2.38. The molecule has 0 amide bonds. The van der Waals surface area contributed by atoms with Crippen LogP contribution in [0.25, 0.3) is 0 Å². The number of ether oxygens (including phenoxy) is 1. The second kappa shape index (κ2) is 9.41. The first kappa shape index (κ1) is 21.5. The number of methoxy groups -OCH3 is 1. The molecule has 0 aliphatic rings. The van der Waals surface area contributed by atoms with Crippen molar-refractivity contribution < 1.29 is 18.9 Å². The summed E-state index contributed by atoms with van der Waals surface area (Å²) in [7, 11) is 1.84. The van der Waals surface area contributed by atoms with Crippen LogP contribution < -0.4 is 14.9 Å². The molecule has 5 nitrogen and oxygen atoms in total. The van der Waals surface area contributed by atoms with Crippen molar-refractivity contribution in [3.8, 4) is 5.75 Å². The summed E-state index contributed by atoms with van der Waals surface area (Å²) in [5.41, 5.74) is 1.45. The molecule has 0 aliphatic heterocycles. The normalized spacial score (nSPS) is 14.6. The van der Waals surface area contributed by atoms with Crippen molar-refractivity contribution in [1.29, 1.82) is 0 Å². The number of benzene rings is 2. The Kier molecular flexibility index (Phi) is 7.49. The first-order chi connectivity index (χ1) is 12.8. The Morgan fingerprint density at radius 1 is 1.07 bits per heavy atom. The predicted molar refractivity (Wildman–Crippen MR) is 111 cm³/mol. The van der Waals surface area contributed by atoms with E-state index in [0.717, 1.165) is 12.1 Å². The first-order valence-corrected chi connectivity index (χ1v) is 10.8. The Labute approximate surface area is 162 Å². The molecule has 0 heterocycles. The van der Waals surface area contributed by atoms with Crippen molar-refractivity contribution in [2.24, 2.45) is 5.92 Å². The van der Waals surface area contributed by atoms with Crippen LogP contribution in [-0.2, 0) is 9.09 Å². The fourth-order valence-electron chi connectivity index (χ4n) is 2.73. The van der Waals surface area contributed by atoms with Crippen molar-refractivity contribution in [3.63, 3.8) is 0 Å². The largest absolute Gasteiger partial charge is 0.496 e. The number of aliphatic hydroxyl groups excluding tert-OH is 1. The number of nitrogens with zero attached hydrogens (tertiary/aromatic N) is 1. The second-order valence-electron chi connectivity index (χ2n) is 7.14. The lowest BCUT2D eigenvalue weighted by atomic mass is 10.2. The molecule has 148 valence electrons. The summed E-state index contributed by atoms with van der Waals surface area (Å²) >= 11 is 0. The van der Waals surface area contributed by atoms with Gasteiger partial charge in [-0.2, -0.15) is 0 Å². The molecule has 2 aromatic rings. The Morgan fingerprint density at radius 2 is 1.70 bits per heavy atom. The second-order valence-corrected chi connectivity index (χ2v) is 9.60. The predicted octanol–water partition coefficient (Wildman–Crippen LogP) is 4.42. The van der Waals surface area contributed by atoms with Crippen LogP contribution in [0.4, 0.5) is 5.69 Å². The van der Waals surface area contributed by atoms with Crippen LogP contribution in [0.5, 0.6) is 5.75 Å². The zero-order chi connectivity index (χ0) is 20.0. The van der Waals surface area contributed by atoms with Gasteiger partial charge in [0.15, 0.2) is 5.85 Å². The molecule has 6 heteroatoms. The molecule has 0 bridgehead atoms. The highest BCUT2D eigenvalue weighted by atomic mass is 31.2. The Morgan fingerprint density at radius 3 is 2.26 bits per heavy atom. The zero-order valence-corrected chi connectivity index (χ0v) is 17.6. The lowest BCUT2D eigenvalue weighted by molar-refractivity contribution is 0.205. The van der Waals surface area contributed by atoms with Crippen LogP contribution in [0, 0.1) is 5.92 Å². The maximum absolute atomic E-state index is 13.9. The molecule has 27 heavy (non-hydrogen) atoms. The fourth-order valence-corrected chi connectivity index (χ4v) is 4.83. The van der Waals surface area contributed by atoms with Crippen LogP contribution in [0.2, 0.25) is 0 Å². The monoisotopic (exact) mass is 391 g/mol. The van der Waals surface area contributed by atoms with E-state index in [1.165, 1.54) is 7.11 Å². The molecule has 0 aliphatic carbocycles. The van der Waals surface area contributed by atoms with E-state index in [0.29, 0.717) is 29.1 Å². The van der Waals surface area contributed by atoms with Gasteiger partial charge in [0.05, 0.1) is 13.7 Å². The summed E-state index contributed by atoms with van der Waals surface area (Å²) in [6.07, 6.45) is 0.762. The molecule has 0 aromatic heterocycles. The molecule has 1 N–H and O–H groups in total. The minimum absolute atomic E-state index is 0.316. The number of aliphatic hydroxyl groups is 1. The van der Waals surface area contributed by atoms with Gasteiger partial charge in [-0.05, 0) is 42.7 Å². The molecule has 2 atom stereocenters. The molecule has 2 aromatic carbocycles. The van der Waals surface area contributed by atoms with Gasteiger partial charge in [-0.3, -0.25) is 4.57 Å². The summed E-state index contributed by atoms with van der Waals surface area (Å²) in [4.78, 5) is 1.96. The summed E-state index contributed by atoms with van der Waals surface area (Å²) in [5, 5.41) is 11.6. The zero-order valence-electron chi connectivity index (χ0n) is 16.8. The van der Waals surface area contributed by atoms with E-state index in [9.17, 15) is 9.67 Å².